The van der Waals surface area contributed by atoms with Gasteiger partial charge in [0.05, 0.1) is 18.7 Å². The highest BCUT2D eigenvalue weighted by molar-refractivity contribution is 5.88. The van der Waals surface area contributed by atoms with E-state index < -0.39 is 5.60 Å². The summed E-state index contributed by atoms with van der Waals surface area (Å²) in [5, 5.41) is 18.7. The fourth-order valence-electron chi connectivity index (χ4n) is 7.26. The number of carbonyl (C=O) groups is 1. The van der Waals surface area contributed by atoms with Gasteiger partial charge in [-0.3, -0.25) is 15.5 Å². The highest BCUT2D eigenvalue weighted by atomic mass is 16.5. The van der Waals surface area contributed by atoms with Crippen molar-refractivity contribution in [3.8, 4) is 6.07 Å². The monoisotopic (exact) mass is 401 g/mol. The molecule has 160 valence electrons. The van der Waals surface area contributed by atoms with E-state index in [0.717, 1.165) is 25.8 Å². The molecular weight excluding hydrogens is 366 g/mol. The molecule has 0 radical (unpaired) electrons. The van der Waals surface area contributed by atoms with Crippen LogP contribution < -0.4 is 16.1 Å². The quantitative estimate of drug-likeness (QED) is 0.664. The van der Waals surface area contributed by atoms with Crippen LogP contribution in [-0.4, -0.2) is 54.0 Å². The van der Waals surface area contributed by atoms with E-state index in [1.807, 2.05) is 6.92 Å². The van der Waals surface area contributed by atoms with Crippen LogP contribution in [0.2, 0.25) is 0 Å². The van der Waals surface area contributed by atoms with Crippen LogP contribution in [0.15, 0.2) is 0 Å². The summed E-state index contributed by atoms with van der Waals surface area (Å²) in [6.07, 6.45) is 10.2. The molecule has 5 rings (SSSR count). The molecule has 0 bridgehead atoms. The van der Waals surface area contributed by atoms with Crippen LogP contribution in [0, 0.1) is 29.1 Å². The van der Waals surface area contributed by atoms with Crippen molar-refractivity contribution in [1.29, 1.82) is 5.26 Å². The molecule has 2 saturated carbocycles. The second kappa shape index (κ2) is 7.19. The maximum atomic E-state index is 12.8. The molecular formula is C22H35N5O2. The highest BCUT2D eigenvalue weighted by Crippen LogP contribution is 2.51. The van der Waals surface area contributed by atoms with E-state index in [1.54, 1.807) is 7.11 Å². The van der Waals surface area contributed by atoms with E-state index in [1.165, 1.54) is 32.1 Å². The third kappa shape index (κ3) is 2.79. The van der Waals surface area contributed by atoms with Crippen molar-refractivity contribution in [2.24, 2.45) is 17.8 Å². The molecule has 6 unspecified atom stereocenters. The number of nitrogens with one attached hydrogen (secondary N) is 3. The summed E-state index contributed by atoms with van der Waals surface area (Å²) < 4.78 is 5.83. The number of nitrogens with zero attached hydrogens (tertiary/aromatic N) is 2. The molecule has 0 aromatic heterocycles. The lowest BCUT2D eigenvalue weighted by atomic mass is 9.67. The molecule has 7 atom stereocenters. The van der Waals surface area contributed by atoms with Gasteiger partial charge in [-0.05, 0) is 63.8 Å². The summed E-state index contributed by atoms with van der Waals surface area (Å²) in [7, 11) is 1.67. The minimum atomic E-state index is -0.789. The number of piperidine rings is 1. The van der Waals surface area contributed by atoms with E-state index in [9.17, 15) is 10.1 Å². The Morgan fingerprint density at radius 1 is 1.21 bits per heavy atom. The number of ether oxygens (including phenoxy) is 1. The minimum Gasteiger partial charge on any atom is -0.368 e. The van der Waals surface area contributed by atoms with Crippen molar-refractivity contribution in [3.05, 3.63) is 0 Å². The molecule has 2 aliphatic carbocycles. The lowest BCUT2D eigenvalue weighted by molar-refractivity contribution is -0.143. The molecule has 1 amide bonds. The Morgan fingerprint density at radius 3 is 2.69 bits per heavy atom. The van der Waals surface area contributed by atoms with Crippen molar-refractivity contribution in [2.75, 3.05) is 13.7 Å². The summed E-state index contributed by atoms with van der Waals surface area (Å²) in [4.78, 5) is 12.8. The topological polar surface area (TPSA) is 89.4 Å². The van der Waals surface area contributed by atoms with Gasteiger partial charge in [-0.2, -0.15) is 5.26 Å². The first-order valence-electron chi connectivity index (χ1n) is 11.6. The zero-order valence-corrected chi connectivity index (χ0v) is 17.7. The van der Waals surface area contributed by atoms with Crippen molar-refractivity contribution >= 4 is 5.91 Å². The van der Waals surface area contributed by atoms with Crippen LogP contribution in [0.5, 0.6) is 0 Å². The van der Waals surface area contributed by atoms with Crippen molar-refractivity contribution in [1.82, 2.24) is 21.1 Å². The minimum absolute atomic E-state index is 0.00407. The van der Waals surface area contributed by atoms with Crippen LogP contribution in [0.1, 0.15) is 64.7 Å². The molecule has 5 fully saturated rings. The first-order valence-corrected chi connectivity index (χ1v) is 11.6. The molecule has 5 aliphatic rings. The maximum Gasteiger partial charge on any atom is 0.253 e. The second-order valence-electron chi connectivity index (χ2n) is 10.1. The summed E-state index contributed by atoms with van der Waals surface area (Å²) in [6.45, 7) is 2.88. The van der Waals surface area contributed by atoms with Crippen LogP contribution in [0.4, 0.5) is 0 Å². The zero-order chi connectivity index (χ0) is 20.2. The molecule has 0 spiro atoms. The number of nitriles is 1. The van der Waals surface area contributed by atoms with Gasteiger partial charge in [0, 0.05) is 30.7 Å². The van der Waals surface area contributed by atoms with Crippen LogP contribution in [0.3, 0.4) is 0 Å². The Morgan fingerprint density at radius 2 is 2.00 bits per heavy atom. The number of fused-ring (bicyclic) bond motifs is 2. The number of amides is 1. The van der Waals surface area contributed by atoms with Gasteiger partial charge in [0.15, 0.2) is 0 Å². The molecule has 7 nitrogen and oxygen atoms in total. The number of carbonyl (C=O) groups excluding carboxylic acids is 1. The van der Waals surface area contributed by atoms with Gasteiger partial charge in [-0.1, -0.05) is 12.8 Å². The van der Waals surface area contributed by atoms with Gasteiger partial charge in [0.2, 0.25) is 0 Å². The van der Waals surface area contributed by atoms with Crippen LogP contribution in [-0.2, 0) is 9.53 Å². The van der Waals surface area contributed by atoms with Crippen molar-refractivity contribution in [3.63, 3.8) is 0 Å². The number of methoxy groups -OCH3 is 1. The van der Waals surface area contributed by atoms with E-state index in [0.29, 0.717) is 30.3 Å². The lowest BCUT2D eigenvalue weighted by Crippen LogP contribution is -2.62. The number of hydrazine groups is 1. The highest BCUT2D eigenvalue weighted by Gasteiger charge is 2.62. The first-order chi connectivity index (χ1) is 14.0. The Bertz CT molecular complexity index is 704. The molecule has 3 heterocycles. The normalized spacial score (nSPS) is 46.3. The second-order valence-corrected chi connectivity index (χ2v) is 10.1. The van der Waals surface area contributed by atoms with Gasteiger partial charge < -0.3 is 10.1 Å². The fraction of sp³-hybridized carbons (Fsp3) is 0.909. The van der Waals surface area contributed by atoms with Gasteiger partial charge in [-0.25, -0.2) is 5.01 Å². The smallest absolute Gasteiger partial charge is 0.253 e. The van der Waals surface area contributed by atoms with E-state index in [4.69, 9.17) is 4.74 Å². The molecule has 3 aliphatic heterocycles. The molecule has 7 heteroatoms. The Kier molecular flexibility index (Phi) is 4.90. The Labute approximate surface area is 173 Å². The average molecular weight is 402 g/mol. The van der Waals surface area contributed by atoms with Gasteiger partial charge in [-0.15, -0.1) is 0 Å². The summed E-state index contributed by atoms with van der Waals surface area (Å²) in [5.41, 5.74) is 3.21. The number of hydrogen-bond donors (Lipinski definition) is 3. The van der Waals surface area contributed by atoms with Crippen molar-refractivity contribution in [2.45, 2.75) is 94.1 Å². The molecule has 29 heavy (non-hydrogen) atoms. The molecule has 3 N–H and O–H groups in total. The molecule has 0 aromatic carbocycles. The standard InChI is InChI=1S/C22H35N5O2/c1-21(29-2)17-15(8-13-24-19(17)25-20(21)28)18-14-6-3-4-7-16(14)27(26-18)22(11-12-23)9-5-10-22/h14-19,24,26H,3-11,13H2,1-2H3,(H,25,28)/t14?,15?,16?,17?,18?,19?,21-/m0/s1. The first kappa shape index (κ1) is 19.7. The molecule has 3 saturated heterocycles. The predicted octanol–water partition coefficient (Wildman–Crippen LogP) is 1.66. The summed E-state index contributed by atoms with van der Waals surface area (Å²) in [6, 6.07) is 3.35. The number of rotatable bonds is 4. The number of hydrogen-bond acceptors (Lipinski definition) is 6. The van der Waals surface area contributed by atoms with Gasteiger partial charge in [0.25, 0.3) is 5.91 Å². The predicted molar refractivity (Wildman–Crippen MR) is 108 cm³/mol. The third-order valence-electron chi connectivity index (χ3n) is 8.99. The van der Waals surface area contributed by atoms with E-state index >= 15 is 0 Å². The largest absolute Gasteiger partial charge is 0.368 e. The van der Waals surface area contributed by atoms with Gasteiger partial charge >= 0.3 is 0 Å². The third-order valence-corrected chi connectivity index (χ3v) is 8.99. The lowest BCUT2D eigenvalue weighted by Gasteiger charge is -2.50. The summed E-state index contributed by atoms with van der Waals surface area (Å²) >= 11 is 0. The van der Waals surface area contributed by atoms with Crippen LogP contribution in [0.25, 0.3) is 0 Å². The van der Waals surface area contributed by atoms with E-state index in [-0.39, 0.29) is 23.5 Å². The van der Waals surface area contributed by atoms with Crippen molar-refractivity contribution < 1.29 is 9.53 Å². The maximum absolute atomic E-state index is 12.8. The Hall–Kier alpha value is -1.20. The fourth-order valence-corrected chi connectivity index (χ4v) is 7.26. The zero-order valence-electron chi connectivity index (χ0n) is 17.7. The Balaban J connectivity index is 1.47. The van der Waals surface area contributed by atoms with Crippen LogP contribution >= 0.6 is 0 Å². The average Bonchev–Trinajstić information content (AvgIpc) is 3.21. The SMILES string of the molecule is CO[C@]1(C)C(=O)NC2NCCC(C3NN(C4(CC#N)CCC4)C4CCCCC34)C21. The van der Waals surface area contributed by atoms with Gasteiger partial charge in [0.1, 0.15) is 5.60 Å². The molecule has 0 aromatic rings. The summed E-state index contributed by atoms with van der Waals surface area (Å²) in [5.74, 6) is 1.09. The van der Waals surface area contributed by atoms with E-state index in [2.05, 4.69) is 27.1 Å².